The summed E-state index contributed by atoms with van der Waals surface area (Å²) < 4.78 is 0. The molecular formula is C3H11ClN2. The van der Waals surface area contributed by atoms with Crippen molar-refractivity contribution < 1.29 is 0 Å². The van der Waals surface area contributed by atoms with Crippen molar-refractivity contribution in [2.24, 2.45) is 11.5 Å². The molecule has 0 saturated heterocycles. The highest BCUT2D eigenvalue weighted by Gasteiger charge is 1.67. The van der Waals surface area contributed by atoms with Crippen LogP contribution in [0.25, 0.3) is 0 Å². The van der Waals surface area contributed by atoms with Gasteiger partial charge in [-0.1, -0.05) is 0 Å². The van der Waals surface area contributed by atoms with E-state index in [0.29, 0.717) is 0 Å². The molecule has 0 aliphatic carbocycles. The summed E-state index contributed by atoms with van der Waals surface area (Å²) in [7, 11) is 0. The lowest BCUT2D eigenvalue weighted by atomic mass is 10.4. The van der Waals surface area contributed by atoms with Crippen molar-refractivity contribution in [2.45, 2.75) is 6.42 Å². The predicted molar refractivity (Wildman–Crippen MR) is 30.0 cm³/mol. The molecule has 0 aromatic rings. The van der Waals surface area contributed by atoms with Gasteiger partial charge in [0.2, 0.25) is 0 Å². The molecule has 0 radical (unpaired) electrons. The molecule has 0 aromatic heterocycles. The highest BCUT2D eigenvalue weighted by molar-refractivity contribution is 5.85. The van der Waals surface area contributed by atoms with Gasteiger partial charge in [0.15, 0.2) is 0 Å². The first kappa shape index (κ1) is 9.51. The van der Waals surface area contributed by atoms with E-state index in [2.05, 4.69) is 0 Å². The minimum Gasteiger partial charge on any atom is -0.330 e. The molecule has 0 aliphatic heterocycles. The van der Waals surface area contributed by atoms with Gasteiger partial charge in [-0.15, -0.1) is 12.4 Å². The lowest BCUT2D eigenvalue weighted by Gasteiger charge is -1.81. The highest BCUT2D eigenvalue weighted by atomic mass is 35.5. The van der Waals surface area contributed by atoms with Crippen molar-refractivity contribution in [3.8, 4) is 0 Å². The topological polar surface area (TPSA) is 52.0 Å². The van der Waals surface area contributed by atoms with Gasteiger partial charge >= 0.3 is 0 Å². The summed E-state index contributed by atoms with van der Waals surface area (Å²) in [6.45, 7) is 1.44. The van der Waals surface area contributed by atoms with Crippen molar-refractivity contribution in [1.82, 2.24) is 0 Å². The Labute approximate surface area is 44.3 Å². The van der Waals surface area contributed by atoms with Crippen LogP contribution in [0.2, 0.25) is 0 Å². The van der Waals surface area contributed by atoms with Gasteiger partial charge in [0, 0.05) is 0 Å². The third-order valence-electron chi connectivity index (χ3n) is 0.408. The van der Waals surface area contributed by atoms with Crippen LogP contribution in [-0.4, -0.2) is 13.1 Å². The number of halogens is 1. The number of nitrogens with two attached hydrogens (primary N) is 2. The first-order valence-electron chi connectivity index (χ1n) is 1.82. The van der Waals surface area contributed by atoms with Crippen molar-refractivity contribution in [2.75, 3.05) is 13.1 Å². The molecule has 0 bridgehead atoms. The zero-order valence-electron chi connectivity index (χ0n) is 3.68. The number of rotatable bonds is 2. The summed E-state index contributed by atoms with van der Waals surface area (Å²) >= 11 is 0. The van der Waals surface area contributed by atoms with Gasteiger partial charge in [-0.3, -0.25) is 0 Å². The van der Waals surface area contributed by atoms with Crippen LogP contribution in [0.3, 0.4) is 0 Å². The smallest absolute Gasteiger partial charge is 0.00653 e. The maximum absolute atomic E-state index is 5.06. The molecule has 40 valence electrons. The fourth-order valence-corrected chi connectivity index (χ4v) is 0.118. The van der Waals surface area contributed by atoms with Crippen LogP contribution in [0.5, 0.6) is 0 Å². The van der Waals surface area contributed by atoms with Crippen LogP contribution < -0.4 is 11.5 Å². The van der Waals surface area contributed by atoms with E-state index in [1.807, 2.05) is 0 Å². The normalized spacial score (nSPS) is 7.00. The molecule has 4 N–H and O–H groups in total. The average molecular weight is 111 g/mol. The number of hydrogen-bond donors (Lipinski definition) is 2. The van der Waals surface area contributed by atoms with Crippen LogP contribution in [0.15, 0.2) is 0 Å². The second kappa shape index (κ2) is 8.96. The molecule has 0 atom stereocenters. The van der Waals surface area contributed by atoms with Crippen molar-refractivity contribution in [3.05, 3.63) is 0 Å². The SMILES string of the molecule is Cl.NCCCN. The summed E-state index contributed by atoms with van der Waals surface area (Å²) in [4.78, 5) is 0. The minimum absolute atomic E-state index is 0. The van der Waals surface area contributed by atoms with Gasteiger partial charge in [-0.2, -0.15) is 0 Å². The first-order chi connectivity index (χ1) is 2.41. The Balaban J connectivity index is 0. The molecule has 0 spiro atoms. The molecule has 0 heterocycles. The highest BCUT2D eigenvalue weighted by Crippen LogP contribution is 1.58. The molecule has 3 heteroatoms. The third-order valence-corrected chi connectivity index (χ3v) is 0.408. The summed E-state index contributed by atoms with van der Waals surface area (Å²) in [5, 5.41) is 0. The van der Waals surface area contributed by atoms with Crippen LogP contribution in [0, 0.1) is 0 Å². The largest absolute Gasteiger partial charge is 0.330 e. The summed E-state index contributed by atoms with van der Waals surface area (Å²) in [5.41, 5.74) is 10.1. The predicted octanol–water partition coefficient (Wildman–Crippen LogP) is -0.284. The zero-order chi connectivity index (χ0) is 4.12. The molecule has 0 aliphatic rings. The Morgan fingerprint density at radius 2 is 1.33 bits per heavy atom. The van der Waals surface area contributed by atoms with Crippen molar-refractivity contribution >= 4 is 12.4 Å². The van der Waals surface area contributed by atoms with Crippen molar-refractivity contribution in [1.29, 1.82) is 0 Å². The zero-order valence-corrected chi connectivity index (χ0v) is 4.50. The molecule has 0 aromatic carbocycles. The Kier molecular flexibility index (Phi) is 14.2. The second-order valence-corrected chi connectivity index (χ2v) is 0.931. The van der Waals surface area contributed by atoms with E-state index in [1.54, 1.807) is 0 Å². The Hall–Kier alpha value is 0.210. The molecule has 0 unspecified atom stereocenters. The monoisotopic (exact) mass is 110 g/mol. The maximum Gasteiger partial charge on any atom is -0.00653 e. The summed E-state index contributed by atoms with van der Waals surface area (Å²) in [6, 6.07) is 0. The molecule has 6 heavy (non-hydrogen) atoms. The maximum atomic E-state index is 5.06. The van der Waals surface area contributed by atoms with Crippen molar-refractivity contribution in [3.63, 3.8) is 0 Å². The van der Waals surface area contributed by atoms with Crippen LogP contribution in [0.1, 0.15) is 6.42 Å². The Morgan fingerprint density at radius 1 is 1.00 bits per heavy atom. The second-order valence-electron chi connectivity index (χ2n) is 0.931. The van der Waals surface area contributed by atoms with E-state index in [1.165, 1.54) is 0 Å². The quantitative estimate of drug-likeness (QED) is 0.514. The van der Waals surface area contributed by atoms with Gasteiger partial charge in [0.05, 0.1) is 0 Å². The van der Waals surface area contributed by atoms with Gasteiger partial charge in [0.1, 0.15) is 0 Å². The summed E-state index contributed by atoms with van der Waals surface area (Å²) in [5.74, 6) is 0. The lowest BCUT2D eigenvalue weighted by Crippen LogP contribution is -2.06. The van der Waals surface area contributed by atoms with E-state index in [9.17, 15) is 0 Å². The van der Waals surface area contributed by atoms with Gasteiger partial charge < -0.3 is 11.5 Å². The molecule has 2 nitrogen and oxygen atoms in total. The molecular weight excluding hydrogens is 99.5 g/mol. The lowest BCUT2D eigenvalue weighted by molar-refractivity contribution is 0.844. The van der Waals surface area contributed by atoms with Gasteiger partial charge in [0.25, 0.3) is 0 Å². The van der Waals surface area contributed by atoms with E-state index >= 15 is 0 Å². The van der Waals surface area contributed by atoms with E-state index in [-0.39, 0.29) is 12.4 Å². The molecule has 0 fully saturated rings. The van der Waals surface area contributed by atoms with Crippen LogP contribution in [0.4, 0.5) is 0 Å². The van der Waals surface area contributed by atoms with Crippen LogP contribution in [-0.2, 0) is 0 Å². The minimum atomic E-state index is 0. The Morgan fingerprint density at radius 3 is 1.33 bits per heavy atom. The standard InChI is InChI=1S/C3H10N2.ClH/c4-2-1-3-5;/h1-5H2;1H. The molecule has 0 rings (SSSR count). The fraction of sp³-hybridized carbons (Fsp3) is 1.00. The van der Waals surface area contributed by atoms with E-state index in [0.717, 1.165) is 19.5 Å². The van der Waals surface area contributed by atoms with E-state index < -0.39 is 0 Å². The van der Waals surface area contributed by atoms with Gasteiger partial charge in [-0.25, -0.2) is 0 Å². The molecule has 0 saturated carbocycles. The van der Waals surface area contributed by atoms with E-state index in [4.69, 9.17) is 11.5 Å². The fourth-order valence-electron chi connectivity index (χ4n) is 0.118. The summed E-state index contributed by atoms with van der Waals surface area (Å²) in [6.07, 6.45) is 0.944. The molecule has 0 amide bonds. The Bertz CT molecular complexity index is 16.3. The first-order valence-corrected chi connectivity index (χ1v) is 1.82. The third kappa shape index (κ3) is 8.88. The van der Waals surface area contributed by atoms with Crippen LogP contribution >= 0.6 is 12.4 Å². The average Bonchev–Trinajstić information content (AvgIpc) is 1.41. The number of hydrogen-bond acceptors (Lipinski definition) is 2. The van der Waals surface area contributed by atoms with Gasteiger partial charge in [-0.05, 0) is 19.5 Å².